The van der Waals surface area contributed by atoms with Crippen molar-refractivity contribution in [2.75, 3.05) is 0 Å². The predicted octanol–water partition coefficient (Wildman–Crippen LogP) is 10.9. The van der Waals surface area contributed by atoms with Crippen molar-refractivity contribution in [3.05, 3.63) is 0 Å². The standard InChI is InChI=1S/3C6H6Cl6/c3*7-1-2(8)4(10)6(12)5(11)3(1)9/h3*1-6H. The molecule has 0 aromatic carbocycles. The van der Waals surface area contributed by atoms with Crippen LogP contribution in [0.4, 0.5) is 0 Å². The molecule has 0 saturated heterocycles. The van der Waals surface area contributed by atoms with Gasteiger partial charge in [-0.3, -0.25) is 0 Å². The Morgan fingerprint density at radius 1 is 0.111 bits per heavy atom. The molecule has 18 heteroatoms. The lowest BCUT2D eigenvalue weighted by molar-refractivity contribution is 0.544. The predicted molar refractivity (Wildman–Crippen MR) is 174 cm³/mol. The molecule has 0 aliphatic heterocycles. The minimum absolute atomic E-state index is 0.437. The summed E-state index contributed by atoms with van der Waals surface area (Å²) in [5.41, 5.74) is 0. The highest BCUT2D eigenvalue weighted by atomic mass is 35.5. The first-order chi connectivity index (χ1) is 16.4. The molecule has 0 heterocycles. The Kier molecular flexibility index (Phi) is 19.2. The molecule has 0 aromatic heterocycles. The van der Waals surface area contributed by atoms with Crippen LogP contribution in [0.3, 0.4) is 0 Å². The molecule has 3 aliphatic rings. The van der Waals surface area contributed by atoms with Gasteiger partial charge in [0.1, 0.15) is 0 Å². The Morgan fingerprint density at radius 3 is 0.167 bits per heavy atom. The number of halogens is 18. The van der Waals surface area contributed by atoms with Gasteiger partial charge in [0.25, 0.3) is 0 Å². The first-order valence-corrected chi connectivity index (χ1v) is 17.8. The molecule has 0 aromatic rings. The summed E-state index contributed by atoms with van der Waals surface area (Å²) in [5, 5.41) is -7.86. The van der Waals surface area contributed by atoms with Crippen molar-refractivity contribution in [3.8, 4) is 0 Å². The summed E-state index contributed by atoms with van der Waals surface area (Å²) < 4.78 is 0. The molecule has 3 aliphatic carbocycles. The van der Waals surface area contributed by atoms with Crippen LogP contribution >= 0.6 is 209 Å². The molecule has 0 nitrogen and oxygen atoms in total. The van der Waals surface area contributed by atoms with Gasteiger partial charge in [-0.15, -0.1) is 209 Å². The molecule has 0 unspecified atom stereocenters. The Morgan fingerprint density at radius 2 is 0.139 bits per heavy atom. The average molecular weight is 872 g/mol. The van der Waals surface area contributed by atoms with Crippen LogP contribution in [0.25, 0.3) is 0 Å². The Bertz CT molecular complexity index is 396. The van der Waals surface area contributed by atoms with Gasteiger partial charge < -0.3 is 0 Å². The van der Waals surface area contributed by atoms with E-state index in [1.807, 2.05) is 0 Å². The Hall–Kier alpha value is 5.22. The van der Waals surface area contributed by atoms with Gasteiger partial charge in [-0.05, 0) is 0 Å². The van der Waals surface area contributed by atoms with E-state index in [4.69, 9.17) is 209 Å². The molecule has 0 N–H and O–H groups in total. The second-order valence-corrected chi connectivity index (χ2v) is 17.1. The zero-order chi connectivity index (χ0) is 28.4. The molecule has 0 bridgehead atoms. The highest BCUT2D eigenvalue weighted by Crippen LogP contribution is 2.42. The average Bonchev–Trinajstić information content (AvgIpc) is 2.87. The summed E-state index contributed by atoms with van der Waals surface area (Å²) in [6.07, 6.45) is 0. The van der Waals surface area contributed by atoms with Gasteiger partial charge in [0.15, 0.2) is 0 Å². The summed E-state index contributed by atoms with van der Waals surface area (Å²) >= 11 is 106. The minimum atomic E-state index is -0.437. The van der Waals surface area contributed by atoms with Crippen molar-refractivity contribution in [2.45, 2.75) is 96.8 Å². The maximum absolute atomic E-state index is 5.88. The molecule has 3 fully saturated rings. The van der Waals surface area contributed by atoms with Crippen LogP contribution in [0.2, 0.25) is 0 Å². The topological polar surface area (TPSA) is 0 Å². The van der Waals surface area contributed by atoms with Gasteiger partial charge in [-0.25, -0.2) is 0 Å². The van der Waals surface area contributed by atoms with E-state index in [-0.39, 0.29) is 0 Å². The fraction of sp³-hybridized carbons (Fsp3) is 1.00. The van der Waals surface area contributed by atoms with E-state index in [0.717, 1.165) is 0 Å². The fourth-order valence-corrected chi connectivity index (χ4v) is 10.1. The number of hydrogen-bond donors (Lipinski definition) is 0. The summed E-state index contributed by atoms with van der Waals surface area (Å²) in [6.45, 7) is 0. The summed E-state index contributed by atoms with van der Waals surface area (Å²) in [7, 11) is 0. The quantitative estimate of drug-likeness (QED) is 0.213. The molecule has 0 spiro atoms. The van der Waals surface area contributed by atoms with E-state index >= 15 is 0 Å². The molecule has 0 radical (unpaired) electrons. The maximum Gasteiger partial charge on any atom is 0.0693 e. The van der Waals surface area contributed by atoms with Crippen LogP contribution in [0.5, 0.6) is 0 Å². The molecular weight excluding hydrogens is 854 g/mol. The third-order valence-electron chi connectivity index (χ3n) is 5.48. The van der Waals surface area contributed by atoms with E-state index in [1.165, 1.54) is 0 Å². The molecular formula is C18H18Cl18. The molecule has 0 amide bonds. The molecule has 216 valence electrons. The highest BCUT2D eigenvalue weighted by molar-refractivity contribution is 6.47. The minimum Gasteiger partial charge on any atom is -0.120 e. The van der Waals surface area contributed by atoms with Crippen molar-refractivity contribution in [1.82, 2.24) is 0 Å². The third-order valence-corrected chi connectivity index (χ3v) is 17.6. The van der Waals surface area contributed by atoms with Crippen LogP contribution in [0, 0.1) is 0 Å². The molecule has 0 atom stereocenters. The number of rotatable bonds is 0. The van der Waals surface area contributed by atoms with Gasteiger partial charge in [0, 0.05) is 0 Å². The maximum atomic E-state index is 5.88. The zero-order valence-electron chi connectivity index (χ0n) is 17.2. The van der Waals surface area contributed by atoms with Crippen LogP contribution in [0.15, 0.2) is 0 Å². The van der Waals surface area contributed by atoms with Crippen molar-refractivity contribution in [3.63, 3.8) is 0 Å². The molecule has 3 rings (SSSR count). The van der Waals surface area contributed by atoms with Crippen LogP contribution in [-0.4, -0.2) is 96.8 Å². The highest BCUT2D eigenvalue weighted by Gasteiger charge is 2.48. The van der Waals surface area contributed by atoms with Crippen molar-refractivity contribution >= 4 is 209 Å². The number of alkyl halides is 18. The van der Waals surface area contributed by atoms with Gasteiger partial charge in [-0.2, -0.15) is 0 Å². The smallest absolute Gasteiger partial charge is 0.0693 e. The van der Waals surface area contributed by atoms with E-state index in [2.05, 4.69) is 0 Å². The summed E-state index contributed by atoms with van der Waals surface area (Å²) in [5.74, 6) is 0. The second-order valence-electron chi connectivity index (χ2n) is 8.00. The van der Waals surface area contributed by atoms with Gasteiger partial charge in [0.2, 0.25) is 0 Å². The van der Waals surface area contributed by atoms with Gasteiger partial charge >= 0.3 is 0 Å². The largest absolute Gasteiger partial charge is 0.120 e. The van der Waals surface area contributed by atoms with Crippen LogP contribution in [0.1, 0.15) is 0 Å². The van der Waals surface area contributed by atoms with E-state index in [0.29, 0.717) is 0 Å². The van der Waals surface area contributed by atoms with Crippen molar-refractivity contribution in [1.29, 1.82) is 0 Å². The molecule has 36 heavy (non-hydrogen) atoms. The van der Waals surface area contributed by atoms with Crippen molar-refractivity contribution in [2.24, 2.45) is 0 Å². The summed E-state index contributed by atoms with van der Waals surface area (Å²) in [6, 6.07) is 0. The normalized spacial score (nSPS) is 55.5. The van der Waals surface area contributed by atoms with E-state index in [1.54, 1.807) is 0 Å². The number of hydrogen-bond acceptors (Lipinski definition) is 0. The lowest BCUT2D eigenvalue weighted by Crippen LogP contribution is -2.52. The fourth-order valence-electron chi connectivity index (χ4n) is 3.16. The summed E-state index contributed by atoms with van der Waals surface area (Å²) in [4.78, 5) is 0. The van der Waals surface area contributed by atoms with Crippen LogP contribution < -0.4 is 0 Å². The lowest BCUT2D eigenvalue weighted by atomic mass is 9.97. The lowest BCUT2D eigenvalue weighted by Gasteiger charge is -2.37. The second kappa shape index (κ2) is 17.6. The van der Waals surface area contributed by atoms with E-state index < -0.39 is 96.8 Å². The monoisotopic (exact) mass is 864 g/mol. The first-order valence-electron chi connectivity index (χ1n) is 9.93. The third kappa shape index (κ3) is 9.61. The van der Waals surface area contributed by atoms with Crippen LogP contribution in [-0.2, 0) is 0 Å². The zero-order valence-corrected chi connectivity index (χ0v) is 30.8. The van der Waals surface area contributed by atoms with Gasteiger partial charge in [-0.1, -0.05) is 0 Å². The van der Waals surface area contributed by atoms with Gasteiger partial charge in [0.05, 0.1) is 96.8 Å². The SMILES string of the molecule is ClC1C(Cl)C(Cl)C(Cl)C(Cl)C1Cl.ClC1C(Cl)C(Cl)C(Cl)C(Cl)C1Cl.ClC1C(Cl)C(Cl)C(Cl)C(Cl)C1Cl. The van der Waals surface area contributed by atoms with Crippen molar-refractivity contribution < 1.29 is 0 Å². The Balaban J connectivity index is 0.000000270. The van der Waals surface area contributed by atoms with E-state index in [9.17, 15) is 0 Å². The Labute approximate surface area is 301 Å². The molecule has 3 saturated carbocycles. The first kappa shape index (κ1) is 39.2.